The van der Waals surface area contributed by atoms with Gasteiger partial charge in [-0.25, -0.2) is 14.8 Å². The van der Waals surface area contributed by atoms with E-state index in [1.54, 1.807) is 5.38 Å². The van der Waals surface area contributed by atoms with Crippen molar-refractivity contribution < 1.29 is 17.6 Å². The number of nitrogens with zero attached hydrogens (tertiary/aromatic N) is 1. The van der Waals surface area contributed by atoms with Crippen LogP contribution in [0.4, 0.5) is 17.6 Å². The van der Waals surface area contributed by atoms with Crippen LogP contribution in [0.2, 0.25) is 0 Å². The summed E-state index contributed by atoms with van der Waals surface area (Å²) >= 11 is 1.29. The lowest BCUT2D eigenvalue weighted by molar-refractivity contribution is -0.140. The quantitative estimate of drug-likeness (QED) is 0.519. The zero-order valence-electron chi connectivity index (χ0n) is 9.41. The van der Waals surface area contributed by atoms with Gasteiger partial charge < -0.3 is 0 Å². The summed E-state index contributed by atoms with van der Waals surface area (Å²) in [5.41, 5.74) is 3.27. The second-order valence-electron chi connectivity index (χ2n) is 3.75. The molecule has 0 amide bonds. The molecule has 3 N–H and O–H groups in total. The second-order valence-corrected chi connectivity index (χ2v) is 4.47. The van der Waals surface area contributed by atoms with Crippen LogP contribution in [0.25, 0.3) is 0 Å². The third-order valence-corrected chi connectivity index (χ3v) is 3.15. The van der Waals surface area contributed by atoms with Gasteiger partial charge in [0.15, 0.2) is 0 Å². The van der Waals surface area contributed by atoms with E-state index >= 15 is 0 Å². The van der Waals surface area contributed by atoms with Crippen LogP contribution < -0.4 is 11.3 Å². The van der Waals surface area contributed by atoms with Gasteiger partial charge in [0.05, 0.1) is 22.8 Å². The molecule has 8 heteroatoms. The molecule has 102 valence electrons. The van der Waals surface area contributed by atoms with E-state index in [-0.39, 0.29) is 5.56 Å². The van der Waals surface area contributed by atoms with Crippen molar-refractivity contribution in [2.45, 2.75) is 12.2 Å². The van der Waals surface area contributed by atoms with Crippen LogP contribution in [0.3, 0.4) is 0 Å². The Kier molecular flexibility index (Phi) is 3.83. The Balaban J connectivity index is 2.45. The monoisotopic (exact) mass is 291 g/mol. The van der Waals surface area contributed by atoms with Gasteiger partial charge in [0.1, 0.15) is 5.82 Å². The Morgan fingerprint density at radius 2 is 2.05 bits per heavy atom. The van der Waals surface area contributed by atoms with Gasteiger partial charge in [0, 0.05) is 5.38 Å². The first kappa shape index (κ1) is 13.9. The smallest absolute Gasteiger partial charge is 0.271 e. The molecule has 0 saturated heterocycles. The fourth-order valence-electron chi connectivity index (χ4n) is 1.66. The average Bonchev–Trinajstić information content (AvgIpc) is 2.84. The van der Waals surface area contributed by atoms with Gasteiger partial charge in [-0.1, -0.05) is 6.07 Å². The minimum absolute atomic E-state index is 0.196. The molecule has 1 heterocycles. The van der Waals surface area contributed by atoms with Crippen molar-refractivity contribution in [3.05, 3.63) is 51.7 Å². The zero-order valence-corrected chi connectivity index (χ0v) is 10.2. The third-order valence-electron chi connectivity index (χ3n) is 2.54. The topological polar surface area (TPSA) is 50.9 Å². The SMILES string of the molecule is NNC(c1ccc(F)c(C(F)(F)F)c1)c1cscn1. The van der Waals surface area contributed by atoms with Crippen LogP contribution in [-0.4, -0.2) is 4.98 Å². The molecule has 0 saturated carbocycles. The molecule has 0 aliphatic rings. The molecule has 1 unspecified atom stereocenters. The number of nitrogens with two attached hydrogens (primary N) is 1. The molecule has 0 spiro atoms. The van der Waals surface area contributed by atoms with Crippen molar-refractivity contribution in [2.24, 2.45) is 5.84 Å². The molecular weight excluding hydrogens is 282 g/mol. The van der Waals surface area contributed by atoms with Crippen molar-refractivity contribution in [3.63, 3.8) is 0 Å². The van der Waals surface area contributed by atoms with Gasteiger partial charge >= 0.3 is 6.18 Å². The maximum Gasteiger partial charge on any atom is 0.419 e. The lowest BCUT2D eigenvalue weighted by Crippen LogP contribution is -2.29. The van der Waals surface area contributed by atoms with Crippen LogP contribution in [0.1, 0.15) is 22.9 Å². The standard InChI is InChI=1S/C11H9F4N3S/c12-8-2-1-6(3-7(8)11(13,14)15)10(18-16)9-4-19-5-17-9/h1-5,10,18H,16H2. The number of halogens is 4. The molecule has 2 aromatic rings. The molecule has 2 rings (SSSR count). The highest BCUT2D eigenvalue weighted by atomic mass is 32.1. The van der Waals surface area contributed by atoms with Crippen molar-refractivity contribution in [2.75, 3.05) is 0 Å². The van der Waals surface area contributed by atoms with Crippen LogP contribution >= 0.6 is 11.3 Å². The largest absolute Gasteiger partial charge is 0.419 e. The van der Waals surface area contributed by atoms with Crippen LogP contribution in [-0.2, 0) is 6.18 Å². The molecule has 0 bridgehead atoms. The lowest BCUT2D eigenvalue weighted by atomic mass is 10.0. The van der Waals surface area contributed by atoms with Gasteiger partial charge in [-0.15, -0.1) is 11.3 Å². The summed E-state index contributed by atoms with van der Waals surface area (Å²) in [6.07, 6.45) is -4.75. The highest BCUT2D eigenvalue weighted by Gasteiger charge is 2.34. The molecule has 1 atom stereocenters. The molecule has 1 aromatic heterocycles. The van der Waals surface area contributed by atoms with Crippen LogP contribution in [0, 0.1) is 5.82 Å². The first-order valence-electron chi connectivity index (χ1n) is 5.14. The van der Waals surface area contributed by atoms with Crippen molar-refractivity contribution in [1.29, 1.82) is 0 Å². The van der Waals surface area contributed by atoms with Crippen LogP contribution in [0.5, 0.6) is 0 Å². The van der Waals surface area contributed by atoms with E-state index in [9.17, 15) is 17.6 Å². The molecule has 1 aromatic carbocycles. The third kappa shape index (κ3) is 2.91. The summed E-state index contributed by atoms with van der Waals surface area (Å²) in [5, 5.41) is 1.65. The summed E-state index contributed by atoms with van der Waals surface area (Å²) < 4.78 is 51.1. The molecular formula is C11H9F4N3S. The van der Waals surface area contributed by atoms with E-state index in [1.807, 2.05) is 0 Å². The number of hydrogen-bond acceptors (Lipinski definition) is 4. The minimum atomic E-state index is -4.75. The number of hydrazine groups is 1. The molecule has 3 nitrogen and oxygen atoms in total. The Labute approximate surface area is 110 Å². The molecule has 0 aliphatic heterocycles. The van der Waals surface area contributed by atoms with Gasteiger partial charge in [0.25, 0.3) is 0 Å². The van der Waals surface area contributed by atoms with Crippen molar-refractivity contribution >= 4 is 11.3 Å². The van der Waals surface area contributed by atoms with E-state index in [2.05, 4.69) is 10.4 Å². The van der Waals surface area contributed by atoms with Gasteiger partial charge in [0.2, 0.25) is 0 Å². The Morgan fingerprint density at radius 3 is 2.58 bits per heavy atom. The molecule has 0 fully saturated rings. The Morgan fingerprint density at radius 1 is 1.32 bits per heavy atom. The Bertz CT molecular complexity index is 554. The summed E-state index contributed by atoms with van der Waals surface area (Å²) in [6.45, 7) is 0. The fourth-order valence-corrected chi connectivity index (χ4v) is 2.24. The maximum absolute atomic E-state index is 13.2. The van der Waals surface area contributed by atoms with Crippen LogP contribution in [0.15, 0.2) is 29.1 Å². The Hall–Kier alpha value is -1.51. The van der Waals surface area contributed by atoms with E-state index in [0.29, 0.717) is 5.69 Å². The van der Waals surface area contributed by atoms with E-state index in [1.165, 1.54) is 22.9 Å². The number of alkyl halides is 3. The summed E-state index contributed by atoms with van der Waals surface area (Å²) in [5.74, 6) is 4.02. The number of benzene rings is 1. The van der Waals surface area contributed by atoms with E-state index in [4.69, 9.17) is 5.84 Å². The first-order valence-corrected chi connectivity index (χ1v) is 6.08. The zero-order chi connectivity index (χ0) is 14.0. The van der Waals surface area contributed by atoms with Gasteiger partial charge in [-0.3, -0.25) is 5.84 Å². The average molecular weight is 291 g/mol. The van der Waals surface area contributed by atoms with Crippen molar-refractivity contribution in [3.8, 4) is 0 Å². The van der Waals surface area contributed by atoms with E-state index < -0.39 is 23.6 Å². The minimum Gasteiger partial charge on any atom is -0.271 e. The fraction of sp³-hybridized carbons (Fsp3) is 0.182. The molecule has 0 radical (unpaired) electrons. The van der Waals surface area contributed by atoms with Gasteiger partial charge in [-0.2, -0.15) is 13.2 Å². The summed E-state index contributed by atoms with van der Waals surface area (Å²) in [6, 6.07) is 2.04. The first-order chi connectivity index (χ1) is 8.93. The predicted octanol–water partition coefficient (Wildman–Crippen LogP) is 2.85. The summed E-state index contributed by atoms with van der Waals surface area (Å²) in [4.78, 5) is 3.98. The van der Waals surface area contributed by atoms with E-state index in [0.717, 1.165) is 12.1 Å². The number of aromatic nitrogens is 1. The predicted molar refractivity (Wildman–Crippen MR) is 62.7 cm³/mol. The highest BCUT2D eigenvalue weighted by molar-refractivity contribution is 7.07. The number of hydrogen-bond donors (Lipinski definition) is 2. The normalized spacial score (nSPS) is 13.5. The number of nitrogens with one attached hydrogen (secondary N) is 1. The lowest BCUT2D eigenvalue weighted by Gasteiger charge is -2.16. The van der Waals surface area contributed by atoms with Crippen molar-refractivity contribution in [1.82, 2.24) is 10.4 Å². The second kappa shape index (κ2) is 5.24. The maximum atomic E-state index is 13.2. The summed E-state index contributed by atoms with van der Waals surface area (Å²) in [7, 11) is 0. The van der Waals surface area contributed by atoms with Gasteiger partial charge in [-0.05, 0) is 17.7 Å². The number of rotatable bonds is 3. The number of thiazole rings is 1. The molecule has 19 heavy (non-hydrogen) atoms. The molecule has 0 aliphatic carbocycles. The highest BCUT2D eigenvalue weighted by Crippen LogP contribution is 2.33.